The summed E-state index contributed by atoms with van der Waals surface area (Å²) in [7, 11) is 0. The van der Waals surface area contributed by atoms with Crippen LogP contribution in [0, 0.1) is 5.41 Å². The van der Waals surface area contributed by atoms with Crippen LogP contribution in [0.4, 0.5) is 0 Å². The predicted octanol–water partition coefficient (Wildman–Crippen LogP) is 4.55. The topological polar surface area (TPSA) is 30.0 Å². The van der Waals surface area contributed by atoms with Crippen LogP contribution in [-0.2, 0) is 11.2 Å². The van der Waals surface area contributed by atoms with Crippen molar-refractivity contribution < 1.29 is 4.79 Å². The first-order chi connectivity index (χ1) is 9.97. The van der Waals surface area contributed by atoms with Crippen molar-refractivity contribution in [1.82, 2.24) is 4.98 Å². The zero-order chi connectivity index (χ0) is 15.0. The minimum Gasteiger partial charge on any atom is -0.299 e. The van der Waals surface area contributed by atoms with Crippen LogP contribution >= 0.6 is 0 Å². The summed E-state index contributed by atoms with van der Waals surface area (Å²) in [5.74, 6) is 0.241. The van der Waals surface area contributed by atoms with E-state index in [0.29, 0.717) is 6.42 Å². The molecule has 0 saturated heterocycles. The SMILES string of the molecule is CC(C)(C)C(=O)Cc1cccc2c1ncc1ccccc12. The number of para-hydroxylation sites is 1. The van der Waals surface area contributed by atoms with Gasteiger partial charge >= 0.3 is 0 Å². The fourth-order valence-electron chi connectivity index (χ4n) is 2.53. The lowest BCUT2D eigenvalue weighted by Gasteiger charge is -2.17. The lowest BCUT2D eigenvalue weighted by atomic mass is 9.86. The molecule has 1 heterocycles. The summed E-state index contributed by atoms with van der Waals surface area (Å²) < 4.78 is 0. The molecule has 0 amide bonds. The van der Waals surface area contributed by atoms with E-state index in [-0.39, 0.29) is 11.2 Å². The van der Waals surface area contributed by atoms with E-state index >= 15 is 0 Å². The lowest BCUT2D eigenvalue weighted by molar-refractivity contribution is -0.125. The van der Waals surface area contributed by atoms with Crippen molar-refractivity contribution in [2.45, 2.75) is 27.2 Å². The number of hydrogen-bond donors (Lipinski definition) is 0. The van der Waals surface area contributed by atoms with E-state index in [1.165, 1.54) is 5.39 Å². The maximum atomic E-state index is 12.3. The van der Waals surface area contributed by atoms with Crippen LogP contribution in [0.1, 0.15) is 26.3 Å². The van der Waals surface area contributed by atoms with Crippen molar-refractivity contribution in [2.24, 2.45) is 5.41 Å². The van der Waals surface area contributed by atoms with Crippen LogP contribution in [0.5, 0.6) is 0 Å². The molecule has 0 fully saturated rings. The average Bonchev–Trinajstić information content (AvgIpc) is 2.46. The summed E-state index contributed by atoms with van der Waals surface area (Å²) in [4.78, 5) is 16.9. The lowest BCUT2D eigenvalue weighted by Crippen LogP contribution is -2.22. The zero-order valence-corrected chi connectivity index (χ0v) is 12.7. The second kappa shape index (κ2) is 4.96. The number of nitrogens with zero attached hydrogens (tertiary/aromatic N) is 1. The zero-order valence-electron chi connectivity index (χ0n) is 12.7. The first-order valence-electron chi connectivity index (χ1n) is 7.25. The number of rotatable bonds is 2. The van der Waals surface area contributed by atoms with E-state index in [4.69, 9.17) is 0 Å². The van der Waals surface area contributed by atoms with E-state index in [2.05, 4.69) is 23.2 Å². The van der Waals surface area contributed by atoms with Crippen LogP contribution in [0.3, 0.4) is 0 Å². The van der Waals surface area contributed by atoms with Gasteiger partial charge in [0.2, 0.25) is 0 Å². The number of hydrogen-bond acceptors (Lipinski definition) is 2. The Bertz CT molecular complexity index is 828. The summed E-state index contributed by atoms with van der Waals surface area (Å²) in [6, 6.07) is 14.3. The number of benzene rings is 2. The molecule has 0 spiro atoms. The van der Waals surface area contributed by atoms with Gasteiger partial charge in [0, 0.05) is 28.8 Å². The Morgan fingerprint density at radius 2 is 1.71 bits per heavy atom. The number of pyridine rings is 1. The van der Waals surface area contributed by atoms with E-state index in [1.54, 1.807) is 0 Å². The Morgan fingerprint density at radius 3 is 2.48 bits per heavy atom. The van der Waals surface area contributed by atoms with Crippen molar-refractivity contribution in [1.29, 1.82) is 0 Å². The van der Waals surface area contributed by atoms with Crippen LogP contribution < -0.4 is 0 Å². The molecule has 0 radical (unpaired) electrons. The molecule has 0 aliphatic heterocycles. The quantitative estimate of drug-likeness (QED) is 0.643. The maximum Gasteiger partial charge on any atom is 0.142 e. The second-order valence-corrected chi connectivity index (χ2v) is 6.51. The Morgan fingerprint density at radius 1 is 1.00 bits per heavy atom. The Balaban J connectivity index is 2.17. The van der Waals surface area contributed by atoms with Gasteiger partial charge in [-0.3, -0.25) is 9.78 Å². The van der Waals surface area contributed by atoms with Crippen molar-refractivity contribution in [2.75, 3.05) is 0 Å². The van der Waals surface area contributed by atoms with Crippen LogP contribution in [-0.4, -0.2) is 10.8 Å². The van der Waals surface area contributed by atoms with Gasteiger partial charge in [-0.05, 0) is 10.9 Å². The Hall–Kier alpha value is -2.22. The normalized spacial score (nSPS) is 12.0. The predicted molar refractivity (Wildman–Crippen MR) is 87.4 cm³/mol. The van der Waals surface area contributed by atoms with Crippen molar-refractivity contribution >= 4 is 27.5 Å². The second-order valence-electron chi connectivity index (χ2n) is 6.51. The smallest absolute Gasteiger partial charge is 0.142 e. The summed E-state index contributed by atoms with van der Waals surface area (Å²) in [6.07, 6.45) is 2.33. The summed E-state index contributed by atoms with van der Waals surface area (Å²) in [6.45, 7) is 5.88. The Labute approximate surface area is 124 Å². The number of fused-ring (bicyclic) bond motifs is 3. The fourth-order valence-corrected chi connectivity index (χ4v) is 2.53. The highest BCUT2D eigenvalue weighted by Gasteiger charge is 2.22. The monoisotopic (exact) mass is 277 g/mol. The van der Waals surface area contributed by atoms with Gasteiger partial charge in [0.1, 0.15) is 5.78 Å². The molecule has 2 nitrogen and oxygen atoms in total. The van der Waals surface area contributed by atoms with Gasteiger partial charge in [0.15, 0.2) is 0 Å². The molecule has 1 aromatic heterocycles. The molecule has 0 aliphatic carbocycles. The van der Waals surface area contributed by atoms with E-state index in [1.807, 2.05) is 51.2 Å². The number of carbonyl (C=O) groups excluding carboxylic acids is 1. The third-order valence-electron chi connectivity index (χ3n) is 3.89. The summed E-state index contributed by atoms with van der Waals surface area (Å²) in [5, 5.41) is 3.43. The highest BCUT2D eigenvalue weighted by molar-refractivity contribution is 6.06. The van der Waals surface area contributed by atoms with Crippen molar-refractivity contribution in [3.8, 4) is 0 Å². The van der Waals surface area contributed by atoms with Crippen molar-refractivity contribution in [3.63, 3.8) is 0 Å². The summed E-state index contributed by atoms with van der Waals surface area (Å²) in [5.41, 5.74) is 1.63. The Kier molecular flexibility index (Phi) is 3.25. The van der Waals surface area contributed by atoms with Crippen LogP contribution in [0.2, 0.25) is 0 Å². The molecule has 3 rings (SSSR count). The van der Waals surface area contributed by atoms with Crippen molar-refractivity contribution in [3.05, 3.63) is 54.2 Å². The molecule has 21 heavy (non-hydrogen) atoms. The fraction of sp³-hybridized carbons (Fsp3) is 0.263. The molecule has 0 saturated carbocycles. The van der Waals surface area contributed by atoms with Gasteiger partial charge in [-0.1, -0.05) is 63.2 Å². The van der Waals surface area contributed by atoms with E-state index < -0.39 is 0 Å². The van der Waals surface area contributed by atoms with E-state index in [9.17, 15) is 4.79 Å². The maximum absolute atomic E-state index is 12.3. The molecule has 3 aromatic rings. The molecule has 0 bridgehead atoms. The molecule has 0 atom stereocenters. The molecule has 0 unspecified atom stereocenters. The van der Waals surface area contributed by atoms with Gasteiger partial charge in [0.05, 0.1) is 5.52 Å². The molecular weight excluding hydrogens is 258 g/mol. The average molecular weight is 277 g/mol. The molecule has 2 heteroatoms. The standard InChI is InChI=1S/C19H19NO/c1-19(2,3)17(21)11-13-8-6-10-16-15-9-5-4-7-14(15)12-20-18(13)16/h4-10,12H,11H2,1-3H3. The molecular formula is C19H19NO. The van der Waals surface area contributed by atoms with Gasteiger partial charge < -0.3 is 0 Å². The molecule has 106 valence electrons. The number of carbonyl (C=O) groups is 1. The number of ketones is 1. The molecule has 0 N–H and O–H groups in total. The third-order valence-corrected chi connectivity index (χ3v) is 3.89. The highest BCUT2D eigenvalue weighted by atomic mass is 16.1. The first-order valence-corrected chi connectivity index (χ1v) is 7.25. The number of aromatic nitrogens is 1. The number of Topliss-reactive ketones (excluding diaryl/α,β-unsaturated/α-hetero) is 1. The van der Waals surface area contributed by atoms with Gasteiger partial charge in [0.25, 0.3) is 0 Å². The van der Waals surface area contributed by atoms with Gasteiger partial charge in [-0.2, -0.15) is 0 Å². The summed E-state index contributed by atoms with van der Waals surface area (Å²) >= 11 is 0. The van der Waals surface area contributed by atoms with Gasteiger partial charge in [-0.15, -0.1) is 0 Å². The highest BCUT2D eigenvalue weighted by Crippen LogP contribution is 2.27. The minimum atomic E-state index is -0.320. The van der Waals surface area contributed by atoms with Crippen LogP contribution in [0.25, 0.3) is 21.7 Å². The van der Waals surface area contributed by atoms with Crippen LogP contribution in [0.15, 0.2) is 48.7 Å². The molecule has 2 aromatic carbocycles. The minimum absolute atomic E-state index is 0.241. The third kappa shape index (κ3) is 2.54. The largest absolute Gasteiger partial charge is 0.299 e. The first kappa shape index (κ1) is 13.7. The molecule has 0 aliphatic rings. The van der Waals surface area contributed by atoms with E-state index in [0.717, 1.165) is 21.9 Å². The van der Waals surface area contributed by atoms with Gasteiger partial charge in [-0.25, -0.2) is 0 Å².